The summed E-state index contributed by atoms with van der Waals surface area (Å²) in [5.74, 6) is 0.659. The average molecular weight is 266 g/mol. The monoisotopic (exact) mass is 266 g/mol. The van der Waals surface area contributed by atoms with E-state index in [0.29, 0.717) is 17.4 Å². The van der Waals surface area contributed by atoms with E-state index in [1.807, 2.05) is 12.4 Å². The lowest BCUT2D eigenvalue weighted by Gasteiger charge is -2.52. The minimum Gasteiger partial charge on any atom is -0.316 e. The second-order valence-electron chi connectivity index (χ2n) is 6.31. The first kappa shape index (κ1) is 13.3. The summed E-state index contributed by atoms with van der Waals surface area (Å²) in [6.45, 7) is 4.72. The van der Waals surface area contributed by atoms with Crippen molar-refractivity contribution in [1.29, 1.82) is 0 Å². The molecule has 0 saturated heterocycles. The van der Waals surface area contributed by atoms with E-state index in [1.165, 1.54) is 23.1 Å². The zero-order valence-corrected chi connectivity index (χ0v) is 12.4. The number of rotatable bonds is 3. The normalized spacial score (nSPS) is 24.1. The largest absolute Gasteiger partial charge is 0.316 e. The molecule has 1 aliphatic rings. The van der Waals surface area contributed by atoms with Crippen molar-refractivity contribution in [3.63, 3.8) is 0 Å². The summed E-state index contributed by atoms with van der Waals surface area (Å²) in [6.07, 6.45) is 4.92. The van der Waals surface area contributed by atoms with Gasteiger partial charge < -0.3 is 5.32 Å². The van der Waals surface area contributed by atoms with Crippen LogP contribution in [0.25, 0.3) is 11.1 Å². The van der Waals surface area contributed by atoms with Gasteiger partial charge in [-0.1, -0.05) is 38.1 Å². The van der Waals surface area contributed by atoms with Crippen LogP contribution in [0.4, 0.5) is 0 Å². The molecule has 2 nitrogen and oxygen atoms in total. The zero-order chi connectivity index (χ0) is 14.2. The summed E-state index contributed by atoms with van der Waals surface area (Å²) in [6, 6.07) is 13.8. The quantitative estimate of drug-likeness (QED) is 0.912. The summed E-state index contributed by atoms with van der Waals surface area (Å²) < 4.78 is 0. The van der Waals surface area contributed by atoms with Crippen LogP contribution >= 0.6 is 0 Å². The molecule has 0 spiro atoms. The number of pyridine rings is 1. The lowest BCUT2D eigenvalue weighted by atomic mass is 9.56. The number of nitrogens with one attached hydrogen (secondary N) is 1. The van der Waals surface area contributed by atoms with Crippen molar-refractivity contribution in [2.45, 2.75) is 32.2 Å². The van der Waals surface area contributed by atoms with Crippen LogP contribution in [0.5, 0.6) is 0 Å². The molecule has 1 fully saturated rings. The molecule has 3 rings (SSSR count). The Hall–Kier alpha value is -1.67. The molecule has 20 heavy (non-hydrogen) atoms. The Bertz CT molecular complexity index is 572. The molecule has 2 atom stereocenters. The van der Waals surface area contributed by atoms with Gasteiger partial charge in [-0.3, -0.25) is 4.98 Å². The molecule has 1 aromatic heterocycles. The Labute approximate surface area is 121 Å². The average Bonchev–Trinajstić information content (AvgIpc) is 2.48. The van der Waals surface area contributed by atoms with Crippen LogP contribution in [0.3, 0.4) is 0 Å². The molecule has 2 heteroatoms. The fourth-order valence-electron chi connectivity index (χ4n) is 3.43. The molecule has 1 aromatic carbocycles. The molecule has 2 unspecified atom stereocenters. The maximum Gasteiger partial charge on any atom is 0.0273 e. The van der Waals surface area contributed by atoms with Crippen molar-refractivity contribution in [3.05, 3.63) is 54.4 Å². The van der Waals surface area contributed by atoms with Gasteiger partial charge in [-0.15, -0.1) is 0 Å². The molecule has 104 valence electrons. The predicted octanol–water partition coefficient (Wildman–Crippen LogP) is 3.85. The number of hydrogen-bond donors (Lipinski definition) is 1. The Morgan fingerprint density at radius 1 is 1.00 bits per heavy atom. The Morgan fingerprint density at radius 3 is 2.15 bits per heavy atom. The number of nitrogens with zero attached hydrogens (tertiary/aromatic N) is 1. The van der Waals surface area contributed by atoms with Crippen LogP contribution in [-0.4, -0.2) is 18.1 Å². The molecule has 2 aromatic rings. The van der Waals surface area contributed by atoms with Gasteiger partial charge in [0.1, 0.15) is 0 Å². The Balaban J connectivity index is 1.81. The molecule has 1 saturated carbocycles. The highest BCUT2D eigenvalue weighted by atomic mass is 14.9. The maximum atomic E-state index is 4.07. The maximum absolute atomic E-state index is 4.07. The Kier molecular flexibility index (Phi) is 3.35. The molecule has 0 bridgehead atoms. The summed E-state index contributed by atoms with van der Waals surface area (Å²) in [4.78, 5) is 4.07. The lowest BCUT2D eigenvalue weighted by Crippen LogP contribution is -2.54. The van der Waals surface area contributed by atoms with Gasteiger partial charge in [0.05, 0.1) is 0 Å². The Morgan fingerprint density at radius 2 is 1.60 bits per heavy atom. The van der Waals surface area contributed by atoms with E-state index in [0.717, 1.165) is 0 Å². The number of aromatic nitrogens is 1. The van der Waals surface area contributed by atoms with Crippen molar-refractivity contribution >= 4 is 0 Å². The van der Waals surface area contributed by atoms with E-state index in [9.17, 15) is 0 Å². The summed E-state index contributed by atoms with van der Waals surface area (Å²) >= 11 is 0. The second kappa shape index (κ2) is 5.02. The van der Waals surface area contributed by atoms with Gasteiger partial charge in [-0.25, -0.2) is 0 Å². The van der Waals surface area contributed by atoms with Crippen molar-refractivity contribution in [2.24, 2.45) is 5.41 Å². The molecule has 1 N–H and O–H groups in total. The third-order valence-electron chi connectivity index (χ3n) is 4.94. The van der Waals surface area contributed by atoms with E-state index in [1.54, 1.807) is 0 Å². The van der Waals surface area contributed by atoms with Crippen LogP contribution in [0, 0.1) is 5.41 Å². The molecular formula is C18H22N2. The first-order valence-electron chi connectivity index (χ1n) is 7.30. The van der Waals surface area contributed by atoms with E-state index in [-0.39, 0.29) is 0 Å². The van der Waals surface area contributed by atoms with Crippen LogP contribution in [0.1, 0.15) is 31.7 Å². The first-order valence-corrected chi connectivity index (χ1v) is 7.30. The van der Waals surface area contributed by atoms with Gasteiger partial charge in [-0.05, 0) is 53.6 Å². The molecule has 1 heterocycles. The van der Waals surface area contributed by atoms with Gasteiger partial charge in [0.2, 0.25) is 0 Å². The fraction of sp³-hybridized carbons (Fsp3) is 0.389. The standard InChI is InChI=1S/C18H22N2/c1-18(2)16(12-17(18)19-3)15-6-4-13(5-7-15)14-8-10-20-11-9-14/h4-11,16-17,19H,12H2,1-3H3. The predicted molar refractivity (Wildman–Crippen MR) is 83.7 cm³/mol. The number of hydrogen-bond acceptors (Lipinski definition) is 2. The smallest absolute Gasteiger partial charge is 0.0273 e. The van der Waals surface area contributed by atoms with Gasteiger partial charge in [0.25, 0.3) is 0 Å². The van der Waals surface area contributed by atoms with Crippen LogP contribution < -0.4 is 5.32 Å². The molecule has 0 radical (unpaired) electrons. The van der Waals surface area contributed by atoms with Crippen molar-refractivity contribution in [2.75, 3.05) is 7.05 Å². The SMILES string of the molecule is CNC1CC(c2ccc(-c3ccncc3)cc2)C1(C)C. The minimum absolute atomic E-state index is 0.340. The van der Waals surface area contributed by atoms with E-state index in [4.69, 9.17) is 0 Å². The van der Waals surface area contributed by atoms with Crippen molar-refractivity contribution in [3.8, 4) is 11.1 Å². The highest BCUT2D eigenvalue weighted by Crippen LogP contribution is 2.52. The van der Waals surface area contributed by atoms with Gasteiger partial charge >= 0.3 is 0 Å². The van der Waals surface area contributed by atoms with Gasteiger partial charge in [0, 0.05) is 18.4 Å². The summed E-state index contributed by atoms with van der Waals surface area (Å²) in [5.41, 5.74) is 4.29. The van der Waals surface area contributed by atoms with Gasteiger partial charge in [0.15, 0.2) is 0 Å². The number of benzene rings is 1. The summed E-state index contributed by atoms with van der Waals surface area (Å²) in [5, 5.41) is 3.42. The van der Waals surface area contributed by atoms with Crippen LogP contribution in [0.2, 0.25) is 0 Å². The van der Waals surface area contributed by atoms with Crippen molar-refractivity contribution in [1.82, 2.24) is 10.3 Å². The highest BCUT2D eigenvalue weighted by molar-refractivity contribution is 5.63. The van der Waals surface area contributed by atoms with Crippen LogP contribution in [0.15, 0.2) is 48.8 Å². The van der Waals surface area contributed by atoms with Crippen molar-refractivity contribution < 1.29 is 0 Å². The molecule has 0 aliphatic heterocycles. The second-order valence-corrected chi connectivity index (χ2v) is 6.31. The van der Waals surface area contributed by atoms with Crippen LogP contribution in [-0.2, 0) is 0 Å². The first-order chi connectivity index (χ1) is 9.63. The molecular weight excluding hydrogens is 244 g/mol. The molecule has 0 amide bonds. The zero-order valence-electron chi connectivity index (χ0n) is 12.4. The topological polar surface area (TPSA) is 24.9 Å². The third-order valence-corrected chi connectivity index (χ3v) is 4.94. The molecule has 1 aliphatic carbocycles. The lowest BCUT2D eigenvalue weighted by molar-refractivity contribution is 0.0752. The highest BCUT2D eigenvalue weighted by Gasteiger charge is 2.47. The van der Waals surface area contributed by atoms with E-state index in [2.05, 4.69) is 67.6 Å². The van der Waals surface area contributed by atoms with E-state index >= 15 is 0 Å². The van der Waals surface area contributed by atoms with E-state index < -0.39 is 0 Å². The van der Waals surface area contributed by atoms with Gasteiger partial charge in [-0.2, -0.15) is 0 Å². The fourth-order valence-corrected chi connectivity index (χ4v) is 3.43. The summed E-state index contributed by atoms with van der Waals surface area (Å²) in [7, 11) is 2.06. The minimum atomic E-state index is 0.340. The third kappa shape index (κ3) is 2.14.